The molecule has 1 amide bonds. The lowest BCUT2D eigenvalue weighted by Gasteiger charge is -2.24. The Morgan fingerprint density at radius 1 is 1.30 bits per heavy atom. The number of rotatable bonds is 3. The average Bonchev–Trinajstić information content (AvgIpc) is 3.27. The number of amides is 1. The fraction of sp³-hybridized carbons (Fsp3) is 0.278. The second-order valence-corrected chi connectivity index (χ2v) is 6.45. The third-order valence-electron chi connectivity index (χ3n) is 4.60. The SMILES string of the molecule is O=C(Cn1ccc2ccc(Cl)cc21)N1CCC[C@@H]1c1ccc[nH]1. The van der Waals surface area contributed by atoms with E-state index in [1.54, 1.807) is 0 Å². The number of aromatic amines is 1. The van der Waals surface area contributed by atoms with Crippen molar-refractivity contribution in [1.29, 1.82) is 0 Å². The second kappa shape index (κ2) is 5.78. The van der Waals surface area contributed by atoms with Crippen molar-refractivity contribution < 1.29 is 4.79 Å². The van der Waals surface area contributed by atoms with Crippen LogP contribution < -0.4 is 0 Å². The van der Waals surface area contributed by atoms with Crippen LogP contribution in [0.1, 0.15) is 24.6 Å². The first-order chi connectivity index (χ1) is 11.2. The van der Waals surface area contributed by atoms with Crippen LogP contribution in [0.4, 0.5) is 0 Å². The van der Waals surface area contributed by atoms with Crippen molar-refractivity contribution in [1.82, 2.24) is 14.5 Å². The van der Waals surface area contributed by atoms with E-state index in [9.17, 15) is 4.79 Å². The van der Waals surface area contributed by atoms with Crippen LogP contribution >= 0.6 is 11.6 Å². The van der Waals surface area contributed by atoms with Gasteiger partial charge in [-0.3, -0.25) is 4.79 Å². The maximum Gasteiger partial charge on any atom is 0.243 e. The van der Waals surface area contributed by atoms with Crippen molar-refractivity contribution in [3.05, 3.63) is 59.5 Å². The zero-order chi connectivity index (χ0) is 15.8. The minimum Gasteiger partial charge on any atom is -0.363 e. The van der Waals surface area contributed by atoms with Gasteiger partial charge < -0.3 is 14.5 Å². The first-order valence-electron chi connectivity index (χ1n) is 7.89. The van der Waals surface area contributed by atoms with Gasteiger partial charge in [-0.05, 0) is 48.6 Å². The Morgan fingerprint density at radius 3 is 3.04 bits per heavy atom. The lowest BCUT2D eigenvalue weighted by Crippen LogP contribution is -2.33. The molecule has 0 unspecified atom stereocenters. The third-order valence-corrected chi connectivity index (χ3v) is 4.83. The van der Waals surface area contributed by atoms with E-state index in [4.69, 9.17) is 11.6 Å². The highest BCUT2D eigenvalue weighted by atomic mass is 35.5. The van der Waals surface area contributed by atoms with E-state index in [0.717, 1.165) is 36.0 Å². The minimum atomic E-state index is 0.152. The molecule has 1 aliphatic rings. The summed E-state index contributed by atoms with van der Waals surface area (Å²) in [6, 6.07) is 12.0. The molecular formula is C18H18ClN3O. The highest BCUT2D eigenvalue weighted by Crippen LogP contribution is 2.31. The molecule has 3 aromatic rings. The van der Waals surface area contributed by atoms with Crippen molar-refractivity contribution in [2.45, 2.75) is 25.4 Å². The van der Waals surface area contributed by atoms with Crippen LogP contribution in [0, 0.1) is 0 Å². The fourth-order valence-corrected chi connectivity index (χ4v) is 3.64. The summed E-state index contributed by atoms with van der Waals surface area (Å²) in [4.78, 5) is 18.0. The third kappa shape index (κ3) is 2.63. The molecule has 2 aromatic heterocycles. The standard InChI is InChI=1S/C18H18ClN3O/c19-14-6-5-13-7-10-21(17(13)11-14)12-18(23)22-9-2-4-16(22)15-3-1-8-20-15/h1,3,5-8,10-11,16,20H,2,4,9,12H2/t16-/m1/s1. The summed E-state index contributed by atoms with van der Waals surface area (Å²) >= 11 is 6.09. The molecule has 0 radical (unpaired) electrons. The number of halogens is 1. The fourth-order valence-electron chi connectivity index (χ4n) is 3.47. The van der Waals surface area contributed by atoms with Crippen molar-refractivity contribution in [3.63, 3.8) is 0 Å². The topological polar surface area (TPSA) is 41.0 Å². The smallest absolute Gasteiger partial charge is 0.243 e. The number of carbonyl (C=O) groups is 1. The number of carbonyl (C=O) groups excluding carboxylic acids is 1. The zero-order valence-corrected chi connectivity index (χ0v) is 13.5. The van der Waals surface area contributed by atoms with Gasteiger partial charge in [-0.25, -0.2) is 0 Å². The van der Waals surface area contributed by atoms with E-state index < -0.39 is 0 Å². The Hall–Kier alpha value is -2.20. The molecule has 1 aliphatic heterocycles. The highest BCUT2D eigenvalue weighted by Gasteiger charge is 2.30. The number of hydrogen-bond acceptors (Lipinski definition) is 1. The van der Waals surface area contributed by atoms with Crippen molar-refractivity contribution in [3.8, 4) is 0 Å². The molecule has 118 valence electrons. The van der Waals surface area contributed by atoms with Gasteiger partial charge in [-0.2, -0.15) is 0 Å². The Balaban J connectivity index is 1.58. The van der Waals surface area contributed by atoms with Gasteiger partial charge in [0, 0.05) is 35.2 Å². The predicted molar refractivity (Wildman–Crippen MR) is 91.4 cm³/mol. The quantitative estimate of drug-likeness (QED) is 0.776. The number of hydrogen-bond donors (Lipinski definition) is 1. The van der Waals surface area contributed by atoms with Crippen LogP contribution in [0.15, 0.2) is 48.8 Å². The van der Waals surface area contributed by atoms with Gasteiger partial charge in [0.05, 0.1) is 6.04 Å². The van der Waals surface area contributed by atoms with Crippen LogP contribution in [0.3, 0.4) is 0 Å². The molecule has 3 heterocycles. The van der Waals surface area contributed by atoms with Crippen molar-refractivity contribution in [2.75, 3.05) is 6.54 Å². The van der Waals surface area contributed by atoms with Crippen LogP contribution in [-0.2, 0) is 11.3 Å². The summed E-state index contributed by atoms with van der Waals surface area (Å²) in [5, 5.41) is 1.79. The molecule has 1 fully saturated rings. The average molecular weight is 328 g/mol. The molecule has 1 aromatic carbocycles. The summed E-state index contributed by atoms with van der Waals surface area (Å²) in [5.74, 6) is 0.152. The molecule has 0 aliphatic carbocycles. The molecule has 4 nitrogen and oxygen atoms in total. The predicted octanol–water partition coefficient (Wildman–Crippen LogP) is 3.99. The number of likely N-dealkylation sites (tertiary alicyclic amines) is 1. The van der Waals surface area contributed by atoms with Crippen LogP contribution in [0.2, 0.25) is 5.02 Å². The Morgan fingerprint density at radius 2 is 2.22 bits per heavy atom. The van der Waals surface area contributed by atoms with Crippen LogP contribution in [0.5, 0.6) is 0 Å². The number of aromatic nitrogens is 2. The molecular weight excluding hydrogens is 310 g/mol. The molecule has 0 saturated carbocycles. The molecule has 5 heteroatoms. The Kier molecular flexibility index (Phi) is 3.62. The number of fused-ring (bicyclic) bond motifs is 1. The van der Waals surface area contributed by atoms with Crippen molar-refractivity contribution >= 4 is 28.4 Å². The number of nitrogens with one attached hydrogen (secondary N) is 1. The van der Waals surface area contributed by atoms with E-state index in [1.165, 1.54) is 0 Å². The summed E-state index contributed by atoms with van der Waals surface area (Å²) in [6.07, 6.45) is 5.94. The number of H-pyrrole nitrogens is 1. The maximum absolute atomic E-state index is 12.8. The highest BCUT2D eigenvalue weighted by molar-refractivity contribution is 6.31. The molecule has 0 bridgehead atoms. The summed E-state index contributed by atoms with van der Waals surface area (Å²) in [6.45, 7) is 1.17. The van der Waals surface area contributed by atoms with Gasteiger partial charge in [-0.15, -0.1) is 0 Å². The molecule has 4 rings (SSSR count). The monoisotopic (exact) mass is 327 g/mol. The van der Waals surface area contributed by atoms with E-state index in [0.29, 0.717) is 11.6 Å². The van der Waals surface area contributed by atoms with Gasteiger partial charge in [0.25, 0.3) is 0 Å². The molecule has 1 atom stereocenters. The Bertz CT molecular complexity index is 837. The second-order valence-electron chi connectivity index (χ2n) is 6.02. The van der Waals surface area contributed by atoms with Gasteiger partial charge in [0.1, 0.15) is 6.54 Å². The number of benzene rings is 1. The summed E-state index contributed by atoms with van der Waals surface area (Å²) in [5.41, 5.74) is 2.12. The number of nitrogens with zero attached hydrogens (tertiary/aromatic N) is 2. The van der Waals surface area contributed by atoms with Gasteiger partial charge in [0.15, 0.2) is 0 Å². The van der Waals surface area contributed by atoms with Gasteiger partial charge in [-0.1, -0.05) is 17.7 Å². The van der Waals surface area contributed by atoms with Gasteiger partial charge >= 0.3 is 0 Å². The maximum atomic E-state index is 12.8. The van der Waals surface area contributed by atoms with Crippen LogP contribution in [-0.4, -0.2) is 26.9 Å². The molecule has 0 spiro atoms. The zero-order valence-electron chi connectivity index (χ0n) is 12.7. The minimum absolute atomic E-state index is 0.152. The lowest BCUT2D eigenvalue weighted by atomic mass is 10.1. The first kappa shape index (κ1) is 14.4. The largest absolute Gasteiger partial charge is 0.363 e. The molecule has 1 N–H and O–H groups in total. The Labute approximate surface area is 139 Å². The summed E-state index contributed by atoms with van der Waals surface area (Å²) < 4.78 is 1.98. The van der Waals surface area contributed by atoms with E-state index in [2.05, 4.69) is 11.1 Å². The lowest BCUT2D eigenvalue weighted by molar-refractivity contribution is -0.132. The van der Waals surface area contributed by atoms with E-state index >= 15 is 0 Å². The van der Waals surface area contributed by atoms with Crippen LogP contribution in [0.25, 0.3) is 10.9 Å². The van der Waals surface area contributed by atoms with E-state index in [-0.39, 0.29) is 11.9 Å². The van der Waals surface area contributed by atoms with Crippen molar-refractivity contribution in [2.24, 2.45) is 0 Å². The normalized spacial score (nSPS) is 18.0. The van der Waals surface area contributed by atoms with E-state index in [1.807, 2.05) is 52.2 Å². The first-order valence-corrected chi connectivity index (χ1v) is 8.27. The molecule has 23 heavy (non-hydrogen) atoms. The van der Waals surface area contributed by atoms with Gasteiger partial charge in [0.2, 0.25) is 5.91 Å². The molecule has 1 saturated heterocycles. The summed E-state index contributed by atoms with van der Waals surface area (Å²) in [7, 11) is 0.